The molecule has 30 heavy (non-hydrogen) atoms. The summed E-state index contributed by atoms with van der Waals surface area (Å²) in [6.07, 6.45) is 2.36. The second-order valence-electron chi connectivity index (χ2n) is 7.42. The van der Waals surface area contributed by atoms with Crippen molar-refractivity contribution in [2.45, 2.75) is 37.2 Å². The summed E-state index contributed by atoms with van der Waals surface area (Å²) >= 11 is 0. The van der Waals surface area contributed by atoms with Crippen LogP contribution in [0.25, 0.3) is 22.6 Å². The number of imidazole rings is 1. The number of phenols is 1. The average Bonchev–Trinajstić information content (AvgIpc) is 3.37. The van der Waals surface area contributed by atoms with E-state index in [9.17, 15) is 9.50 Å². The number of aromatic nitrogens is 5. The van der Waals surface area contributed by atoms with E-state index in [0.29, 0.717) is 11.3 Å². The highest BCUT2D eigenvalue weighted by molar-refractivity contribution is 5.67. The summed E-state index contributed by atoms with van der Waals surface area (Å²) in [6, 6.07) is 1.34. The van der Waals surface area contributed by atoms with Crippen LogP contribution >= 0.6 is 0 Å². The summed E-state index contributed by atoms with van der Waals surface area (Å²) < 4.78 is 47.6. The Bertz CT molecular complexity index is 1180. The van der Waals surface area contributed by atoms with Crippen LogP contribution in [0.4, 0.5) is 8.78 Å². The van der Waals surface area contributed by atoms with Crippen LogP contribution in [0.2, 0.25) is 0 Å². The lowest BCUT2D eigenvalue weighted by Gasteiger charge is -2.33. The van der Waals surface area contributed by atoms with Crippen molar-refractivity contribution in [2.24, 2.45) is 5.92 Å². The third kappa shape index (κ3) is 3.15. The van der Waals surface area contributed by atoms with Crippen LogP contribution in [0, 0.1) is 5.92 Å². The summed E-state index contributed by atoms with van der Waals surface area (Å²) in [4.78, 5) is 8.20. The molecular formula is C21H20F2N6O. The van der Waals surface area contributed by atoms with Gasteiger partial charge in [0.05, 0.1) is 23.8 Å². The Kier molecular flexibility index (Phi) is 4.00. The Morgan fingerprint density at radius 3 is 2.83 bits per heavy atom. The molecule has 3 aromatic rings. The zero-order valence-corrected chi connectivity index (χ0v) is 15.8. The Labute approximate surface area is 174 Å². The van der Waals surface area contributed by atoms with Gasteiger partial charge < -0.3 is 15.0 Å². The maximum atomic E-state index is 15.1. The minimum Gasteiger partial charge on any atom is -0.507 e. The standard InChI is InChI=1S/C21H20F2N6O/c1-11(14-7-16-15(22)8-17(26-16)20(14)23)18-9-25-21(28-27-18)13-3-2-12(6-19(13)30)29-5-4-24-10-29/h2-6,9-10,14-17,20,26,30H,1,7-8H2/t14-,15+,16-,17-,20-/m0/s1/i16D,17D. The maximum Gasteiger partial charge on any atom is 0.185 e. The monoisotopic (exact) mass is 412 g/mol. The lowest BCUT2D eigenvalue weighted by atomic mass is 9.84. The second-order valence-corrected chi connectivity index (χ2v) is 7.42. The van der Waals surface area contributed by atoms with E-state index >= 15 is 4.39 Å². The van der Waals surface area contributed by atoms with Crippen molar-refractivity contribution >= 4 is 5.57 Å². The number of phenolic OH excluding ortho intramolecular Hbond substituents is 1. The van der Waals surface area contributed by atoms with E-state index in [-0.39, 0.29) is 29.3 Å². The molecule has 2 aliphatic heterocycles. The van der Waals surface area contributed by atoms with Gasteiger partial charge in [0, 0.05) is 39.2 Å². The van der Waals surface area contributed by atoms with Crippen LogP contribution in [0.3, 0.4) is 0 Å². The third-order valence-corrected chi connectivity index (χ3v) is 5.59. The number of nitrogens with zero attached hydrogens (tertiary/aromatic N) is 5. The number of halogens is 2. The molecule has 2 N–H and O–H groups in total. The number of allylic oxidation sites excluding steroid dienone is 1. The van der Waals surface area contributed by atoms with E-state index in [1.807, 2.05) is 0 Å². The number of rotatable bonds is 4. The van der Waals surface area contributed by atoms with Gasteiger partial charge in [-0.3, -0.25) is 0 Å². The highest BCUT2D eigenvalue weighted by Gasteiger charge is 2.48. The molecule has 5 rings (SSSR count). The molecule has 2 fully saturated rings. The normalized spacial score (nSPS) is 33.7. The van der Waals surface area contributed by atoms with Gasteiger partial charge in [-0.2, -0.15) is 0 Å². The number of benzene rings is 1. The van der Waals surface area contributed by atoms with Crippen LogP contribution in [0.1, 0.15) is 21.3 Å². The number of fused-ring (bicyclic) bond motifs is 2. The van der Waals surface area contributed by atoms with E-state index in [1.54, 1.807) is 41.5 Å². The Hall–Kier alpha value is -3.20. The molecule has 0 radical (unpaired) electrons. The van der Waals surface area contributed by atoms with Gasteiger partial charge in [-0.25, -0.2) is 18.7 Å². The van der Waals surface area contributed by atoms with E-state index in [2.05, 4.69) is 32.1 Å². The Morgan fingerprint density at radius 1 is 1.27 bits per heavy atom. The van der Waals surface area contributed by atoms with E-state index < -0.39 is 36.7 Å². The molecule has 5 atom stereocenters. The highest BCUT2D eigenvalue weighted by Crippen LogP contribution is 2.40. The zero-order valence-electron chi connectivity index (χ0n) is 17.8. The molecule has 2 aromatic heterocycles. The van der Waals surface area contributed by atoms with E-state index in [1.165, 1.54) is 6.20 Å². The minimum absolute atomic E-state index is 0.0513. The molecule has 1 aromatic carbocycles. The molecule has 0 amide bonds. The van der Waals surface area contributed by atoms with Crippen molar-refractivity contribution in [3.05, 3.63) is 55.4 Å². The molecule has 0 spiro atoms. The first-order valence-corrected chi connectivity index (χ1v) is 9.48. The number of hydrogen-bond donors (Lipinski definition) is 2. The predicted octanol–water partition coefficient (Wildman–Crippen LogP) is 2.87. The highest BCUT2D eigenvalue weighted by atomic mass is 19.1. The minimum atomic E-state index is -1.88. The van der Waals surface area contributed by atoms with Gasteiger partial charge in [-0.05, 0) is 30.5 Å². The van der Waals surface area contributed by atoms with Gasteiger partial charge in [0.2, 0.25) is 0 Å². The van der Waals surface area contributed by atoms with Gasteiger partial charge in [0.15, 0.2) is 5.82 Å². The predicted molar refractivity (Wildman–Crippen MR) is 106 cm³/mol. The largest absolute Gasteiger partial charge is 0.507 e. The molecule has 4 heterocycles. The Morgan fingerprint density at radius 2 is 2.13 bits per heavy atom. The first-order valence-electron chi connectivity index (χ1n) is 10.5. The zero-order chi connectivity index (χ0) is 22.7. The number of piperidine rings is 1. The summed E-state index contributed by atoms with van der Waals surface area (Å²) in [7, 11) is 0. The molecule has 2 saturated heterocycles. The lowest BCUT2D eigenvalue weighted by Crippen LogP contribution is -2.48. The molecule has 2 aliphatic rings. The van der Waals surface area contributed by atoms with Gasteiger partial charge in [-0.15, -0.1) is 10.2 Å². The summed E-state index contributed by atoms with van der Waals surface area (Å²) in [6.45, 7) is 3.89. The van der Waals surface area contributed by atoms with Crippen molar-refractivity contribution in [1.29, 1.82) is 0 Å². The van der Waals surface area contributed by atoms with Crippen LogP contribution in [0.5, 0.6) is 5.75 Å². The SMILES string of the molecule is [2H][C@]12C[C@@H](C(=C)c3cnc(-c4ccc(-n5ccnc5)cc4O)nn3)[C@H](F)[C@]([2H])(C[C@H]1F)N2. The fraction of sp³-hybridized carbons (Fsp3) is 0.333. The number of aromatic hydroxyl groups is 1. The topological polar surface area (TPSA) is 88.8 Å². The van der Waals surface area contributed by atoms with Crippen molar-refractivity contribution in [2.75, 3.05) is 0 Å². The summed E-state index contributed by atoms with van der Waals surface area (Å²) in [5.74, 6) is -0.849. The smallest absolute Gasteiger partial charge is 0.185 e. The number of nitrogens with one attached hydrogen (secondary N) is 1. The van der Waals surface area contributed by atoms with Crippen LogP contribution in [0.15, 0.2) is 49.7 Å². The Balaban J connectivity index is 1.39. The molecule has 0 unspecified atom stereocenters. The summed E-state index contributed by atoms with van der Waals surface area (Å²) in [5, 5.41) is 21.0. The lowest BCUT2D eigenvalue weighted by molar-refractivity contribution is 0.163. The molecule has 9 heteroatoms. The van der Waals surface area contributed by atoms with Gasteiger partial charge >= 0.3 is 0 Å². The van der Waals surface area contributed by atoms with Gasteiger partial charge in [-0.1, -0.05) is 6.58 Å². The quantitative estimate of drug-likeness (QED) is 0.685. The fourth-order valence-corrected chi connectivity index (χ4v) is 3.91. The number of alkyl halides is 2. The van der Waals surface area contributed by atoms with Crippen LogP contribution < -0.4 is 5.32 Å². The third-order valence-electron chi connectivity index (χ3n) is 5.59. The maximum absolute atomic E-state index is 15.1. The van der Waals surface area contributed by atoms with Crippen LogP contribution in [-0.2, 0) is 0 Å². The summed E-state index contributed by atoms with van der Waals surface area (Å²) in [5.41, 5.74) is 1.47. The fourth-order valence-electron chi connectivity index (χ4n) is 3.91. The first kappa shape index (κ1) is 16.6. The van der Waals surface area contributed by atoms with E-state index in [4.69, 9.17) is 2.74 Å². The molecule has 7 nitrogen and oxygen atoms in total. The van der Waals surface area contributed by atoms with Gasteiger partial charge in [0.25, 0.3) is 0 Å². The molecular weight excluding hydrogens is 390 g/mol. The average molecular weight is 412 g/mol. The second kappa shape index (κ2) is 7.24. The van der Waals surface area contributed by atoms with Crippen molar-refractivity contribution < 1.29 is 16.6 Å². The van der Waals surface area contributed by atoms with E-state index in [0.717, 1.165) is 0 Å². The molecule has 0 aliphatic carbocycles. The van der Waals surface area contributed by atoms with Crippen molar-refractivity contribution in [3.63, 3.8) is 0 Å². The molecule has 0 saturated carbocycles. The van der Waals surface area contributed by atoms with Crippen molar-refractivity contribution in [3.8, 4) is 22.8 Å². The number of hydrogen-bond acceptors (Lipinski definition) is 6. The molecule has 154 valence electrons. The van der Waals surface area contributed by atoms with Crippen molar-refractivity contribution in [1.82, 2.24) is 30.0 Å². The molecule has 2 bridgehead atoms. The first-order chi connectivity index (χ1) is 15.2. The van der Waals surface area contributed by atoms with Gasteiger partial charge in [0.1, 0.15) is 23.8 Å². The van der Waals surface area contributed by atoms with Crippen LogP contribution in [-0.4, -0.2) is 54.2 Å².